The van der Waals surface area contributed by atoms with Gasteiger partial charge in [-0.2, -0.15) is 5.26 Å². The average Bonchev–Trinajstić information content (AvgIpc) is 2.98. The third-order valence-electron chi connectivity index (χ3n) is 3.64. The van der Waals surface area contributed by atoms with Gasteiger partial charge in [0.2, 0.25) is 0 Å². The van der Waals surface area contributed by atoms with Gasteiger partial charge in [-0.15, -0.1) is 11.3 Å². The first kappa shape index (κ1) is 18.7. The Kier molecular flexibility index (Phi) is 6.31. The smallest absolute Gasteiger partial charge is 0.349 e. The van der Waals surface area contributed by atoms with Gasteiger partial charge in [-0.25, -0.2) is 4.79 Å². The maximum atomic E-state index is 12.6. The molecule has 130 valence electrons. The van der Waals surface area contributed by atoms with Crippen molar-refractivity contribution in [2.45, 2.75) is 27.2 Å². The van der Waals surface area contributed by atoms with Crippen molar-refractivity contribution in [1.82, 2.24) is 0 Å². The molecule has 0 saturated carbocycles. The summed E-state index contributed by atoms with van der Waals surface area (Å²) in [5.41, 5.74) is 3.59. The number of benzene rings is 1. The summed E-state index contributed by atoms with van der Waals surface area (Å²) in [5.74, 6) is -0.843. The molecule has 0 spiro atoms. The molecule has 0 radical (unpaired) electrons. The van der Waals surface area contributed by atoms with Crippen LogP contribution in [0, 0.1) is 32.1 Å². The number of carbonyl (C=O) groups is 2. The quantitative estimate of drug-likeness (QED) is 0.739. The van der Waals surface area contributed by atoms with E-state index in [1.165, 1.54) is 16.2 Å². The fourth-order valence-electron chi connectivity index (χ4n) is 2.52. The summed E-state index contributed by atoms with van der Waals surface area (Å²) in [4.78, 5) is 26.7. The Morgan fingerprint density at radius 1 is 1.20 bits per heavy atom. The van der Waals surface area contributed by atoms with E-state index >= 15 is 0 Å². The molecule has 0 bridgehead atoms. The Morgan fingerprint density at radius 2 is 1.88 bits per heavy atom. The molecular formula is C19H20N2O3S. The first-order valence-corrected chi connectivity index (χ1v) is 8.77. The fraction of sp³-hybridized carbons (Fsp3) is 0.316. The van der Waals surface area contributed by atoms with Crippen LogP contribution in [0.1, 0.15) is 32.8 Å². The first-order chi connectivity index (χ1) is 11.9. The van der Waals surface area contributed by atoms with E-state index in [0.29, 0.717) is 10.6 Å². The highest BCUT2D eigenvalue weighted by molar-refractivity contribution is 7.12. The van der Waals surface area contributed by atoms with Gasteiger partial charge >= 0.3 is 5.97 Å². The molecule has 0 N–H and O–H groups in total. The van der Waals surface area contributed by atoms with E-state index in [9.17, 15) is 9.59 Å². The molecule has 5 nitrogen and oxygen atoms in total. The number of ether oxygens (including phenoxy) is 1. The van der Waals surface area contributed by atoms with Gasteiger partial charge in [-0.05, 0) is 61.0 Å². The molecule has 6 heteroatoms. The fourth-order valence-corrected chi connectivity index (χ4v) is 3.34. The number of nitrogens with zero attached hydrogens (tertiary/aromatic N) is 2. The number of carbonyl (C=O) groups excluding carboxylic acids is 2. The number of esters is 1. The van der Waals surface area contributed by atoms with Gasteiger partial charge in [0.15, 0.2) is 6.61 Å². The zero-order valence-electron chi connectivity index (χ0n) is 14.5. The Morgan fingerprint density at radius 3 is 2.44 bits per heavy atom. The largest absolute Gasteiger partial charge is 0.451 e. The zero-order valence-corrected chi connectivity index (χ0v) is 15.4. The number of hydrogen-bond acceptors (Lipinski definition) is 5. The predicted octanol–water partition coefficient (Wildman–Crippen LogP) is 3.78. The first-order valence-electron chi connectivity index (χ1n) is 7.89. The van der Waals surface area contributed by atoms with Gasteiger partial charge in [0, 0.05) is 12.2 Å². The maximum absolute atomic E-state index is 12.6. The molecule has 0 atom stereocenters. The third kappa shape index (κ3) is 4.91. The van der Waals surface area contributed by atoms with E-state index in [4.69, 9.17) is 10.00 Å². The molecule has 25 heavy (non-hydrogen) atoms. The molecule has 2 rings (SSSR count). The molecular weight excluding hydrogens is 336 g/mol. The Balaban J connectivity index is 2.12. The molecule has 0 aliphatic heterocycles. The SMILES string of the molecule is Cc1cc(C)cc(N(CCC#N)C(=O)COC(=O)c2sccc2C)c1. The lowest BCUT2D eigenvalue weighted by atomic mass is 10.1. The average molecular weight is 356 g/mol. The van der Waals surface area contributed by atoms with Crippen molar-refractivity contribution >= 4 is 28.9 Å². The second kappa shape index (κ2) is 8.45. The maximum Gasteiger partial charge on any atom is 0.349 e. The van der Waals surface area contributed by atoms with Crippen molar-refractivity contribution in [2.75, 3.05) is 18.1 Å². The number of nitriles is 1. The monoisotopic (exact) mass is 356 g/mol. The summed E-state index contributed by atoms with van der Waals surface area (Å²) in [6, 6.07) is 9.65. The highest BCUT2D eigenvalue weighted by Gasteiger charge is 2.19. The zero-order chi connectivity index (χ0) is 18.4. The van der Waals surface area contributed by atoms with Gasteiger partial charge in [0.1, 0.15) is 4.88 Å². The van der Waals surface area contributed by atoms with Crippen molar-refractivity contribution < 1.29 is 14.3 Å². The van der Waals surface area contributed by atoms with Crippen LogP contribution >= 0.6 is 11.3 Å². The summed E-state index contributed by atoms with van der Waals surface area (Å²) in [6.45, 7) is 5.62. The highest BCUT2D eigenvalue weighted by Crippen LogP contribution is 2.20. The predicted molar refractivity (Wildman–Crippen MR) is 97.8 cm³/mol. The highest BCUT2D eigenvalue weighted by atomic mass is 32.1. The van der Waals surface area contributed by atoms with Crippen LogP contribution in [0.4, 0.5) is 5.69 Å². The second-order valence-corrected chi connectivity index (χ2v) is 6.72. The number of rotatable bonds is 6. The summed E-state index contributed by atoms with van der Waals surface area (Å²) >= 11 is 1.29. The molecule has 2 aromatic rings. The lowest BCUT2D eigenvalue weighted by molar-refractivity contribution is -0.121. The van der Waals surface area contributed by atoms with Crippen molar-refractivity contribution in [1.29, 1.82) is 5.26 Å². The molecule has 0 unspecified atom stereocenters. The Labute approximate surface area is 151 Å². The number of aryl methyl sites for hydroxylation is 3. The van der Waals surface area contributed by atoms with Crippen molar-refractivity contribution in [2.24, 2.45) is 0 Å². The third-order valence-corrected chi connectivity index (χ3v) is 4.64. The topological polar surface area (TPSA) is 70.4 Å². The normalized spacial score (nSPS) is 10.2. The molecule has 1 aromatic carbocycles. The number of hydrogen-bond donors (Lipinski definition) is 0. The Bertz CT molecular complexity index is 800. The second-order valence-electron chi connectivity index (χ2n) is 5.81. The van der Waals surface area contributed by atoms with E-state index in [1.54, 1.807) is 0 Å². The van der Waals surface area contributed by atoms with Gasteiger partial charge < -0.3 is 9.64 Å². The molecule has 0 aliphatic carbocycles. The minimum Gasteiger partial charge on any atom is -0.451 e. The van der Waals surface area contributed by atoms with Crippen molar-refractivity contribution in [3.8, 4) is 6.07 Å². The van der Waals surface area contributed by atoms with Gasteiger partial charge in [-0.3, -0.25) is 4.79 Å². The molecule has 0 fully saturated rings. The number of anilines is 1. The van der Waals surface area contributed by atoms with Crippen molar-refractivity contribution in [3.63, 3.8) is 0 Å². The van der Waals surface area contributed by atoms with Crippen molar-refractivity contribution in [3.05, 3.63) is 51.2 Å². The summed E-state index contributed by atoms with van der Waals surface area (Å²) in [6.07, 6.45) is 0.205. The molecule has 1 heterocycles. The lowest BCUT2D eigenvalue weighted by Crippen LogP contribution is -2.35. The van der Waals surface area contributed by atoms with Crippen LogP contribution in [0.3, 0.4) is 0 Å². The molecule has 0 aliphatic rings. The van der Waals surface area contributed by atoms with E-state index in [0.717, 1.165) is 16.7 Å². The van der Waals surface area contributed by atoms with Gasteiger partial charge in [-0.1, -0.05) is 6.07 Å². The molecule has 1 amide bonds. The van der Waals surface area contributed by atoms with E-state index in [2.05, 4.69) is 0 Å². The van der Waals surface area contributed by atoms with E-state index in [-0.39, 0.29) is 25.5 Å². The van der Waals surface area contributed by atoms with Crippen LogP contribution in [0.2, 0.25) is 0 Å². The number of thiophene rings is 1. The van der Waals surface area contributed by atoms with Crippen LogP contribution in [-0.4, -0.2) is 25.0 Å². The van der Waals surface area contributed by atoms with E-state index in [1.807, 2.05) is 56.5 Å². The van der Waals surface area contributed by atoms with Crippen LogP contribution in [0.15, 0.2) is 29.6 Å². The van der Waals surface area contributed by atoms with Crippen LogP contribution in [0.5, 0.6) is 0 Å². The van der Waals surface area contributed by atoms with E-state index < -0.39 is 5.97 Å². The summed E-state index contributed by atoms with van der Waals surface area (Å²) in [5, 5.41) is 10.7. The summed E-state index contributed by atoms with van der Waals surface area (Å²) in [7, 11) is 0. The minimum absolute atomic E-state index is 0.205. The number of amides is 1. The molecule has 1 aromatic heterocycles. The Hall–Kier alpha value is -2.65. The minimum atomic E-state index is -0.499. The summed E-state index contributed by atoms with van der Waals surface area (Å²) < 4.78 is 5.17. The van der Waals surface area contributed by atoms with Gasteiger partial charge in [0.05, 0.1) is 12.5 Å². The molecule has 0 saturated heterocycles. The van der Waals surface area contributed by atoms with Gasteiger partial charge in [0.25, 0.3) is 5.91 Å². The van der Waals surface area contributed by atoms with Crippen LogP contribution < -0.4 is 4.90 Å². The van der Waals surface area contributed by atoms with Crippen LogP contribution in [-0.2, 0) is 9.53 Å². The standard InChI is InChI=1S/C19H20N2O3S/c1-13-9-14(2)11-16(10-13)21(7-4-6-20)17(22)12-24-19(23)18-15(3)5-8-25-18/h5,8-11H,4,7,12H2,1-3H3. The lowest BCUT2D eigenvalue weighted by Gasteiger charge is -2.22. The van der Waals surface area contributed by atoms with Crippen LogP contribution in [0.25, 0.3) is 0 Å².